The van der Waals surface area contributed by atoms with Gasteiger partial charge in [-0.2, -0.15) is 4.98 Å². The monoisotopic (exact) mass is 369 g/mol. The van der Waals surface area contributed by atoms with Crippen molar-refractivity contribution in [1.82, 2.24) is 15.2 Å². The molecule has 0 spiro atoms. The number of aromatic nitrogens is 3. The Bertz CT molecular complexity index is 954. The molecule has 2 aromatic carbocycles. The van der Waals surface area contributed by atoms with Gasteiger partial charge in [0.2, 0.25) is 5.95 Å². The normalized spacial score (nSPS) is 10.3. The number of ether oxygens (including phenoxy) is 2. The number of para-hydroxylation sites is 2. The standard InChI is InChI=1S/C17H15N5O5/c1-26-12-8-6-11(7-9-12)16-19-17(21-20-16)18-15(23)10-27-14-5-3-2-4-13(14)22(24)25/h2-9H,10H2,1H3,(H2,18,19,20,21,23). The molecular formula is C17H15N5O5. The maximum atomic E-state index is 12.0. The van der Waals surface area contributed by atoms with Gasteiger partial charge in [-0.15, -0.1) is 5.10 Å². The van der Waals surface area contributed by atoms with E-state index in [-0.39, 0.29) is 17.4 Å². The minimum Gasteiger partial charge on any atom is -0.497 e. The minimum absolute atomic E-state index is 0.00607. The van der Waals surface area contributed by atoms with E-state index in [1.165, 1.54) is 18.2 Å². The molecule has 1 aromatic heterocycles. The van der Waals surface area contributed by atoms with E-state index in [4.69, 9.17) is 9.47 Å². The van der Waals surface area contributed by atoms with Gasteiger partial charge in [0, 0.05) is 11.6 Å². The van der Waals surface area contributed by atoms with Gasteiger partial charge in [0.1, 0.15) is 5.75 Å². The molecule has 27 heavy (non-hydrogen) atoms. The molecule has 0 fully saturated rings. The van der Waals surface area contributed by atoms with Crippen LogP contribution in [-0.2, 0) is 4.79 Å². The first-order valence-corrected chi connectivity index (χ1v) is 7.79. The predicted molar refractivity (Wildman–Crippen MR) is 95.6 cm³/mol. The summed E-state index contributed by atoms with van der Waals surface area (Å²) in [5, 5.41) is 20.0. The number of nitrogens with one attached hydrogen (secondary N) is 2. The number of benzene rings is 2. The maximum Gasteiger partial charge on any atom is 0.310 e. The molecule has 0 unspecified atom stereocenters. The van der Waals surface area contributed by atoms with Crippen molar-refractivity contribution in [3.63, 3.8) is 0 Å². The van der Waals surface area contributed by atoms with Crippen LogP contribution in [0.5, 0.6) is 11.5 Å². The number of amides is 1. The SMILES string of the molecule is COc1ccc(-c2nc(NC(=O)COc3ccccc3[N+](=O)[O-])n[nH]2)cc1. The first-order valence-electron chi connectivity index (χ1n) is 7.79. The Morgan fingerprint density at radius 2 is 1.96 bits per heavy atom. The average molecular weight is 369 g/mol. The number of aromatic amines is 1. The summed E-state index contributed by atoms with van der Waals surface area (Å²) in [5.41, 5.74) is 0.546. The topological polar surface area (TPSA) is 132 Å². The number of methoxy groups -OCH3 is 1. The number of nitro groups is 1. The van der Waals surface area contributed by atoms with Crippen LogP contribution in [0.25, 0.3) is 11.4 Å². The number of carbonyl (C=O) groups is 1. The summed E-state index contributed by atoms with van der Waals surface area (Å²) in [4.78, 5) is 26.5. The Hall–Kier alpha value is -3.95. The summed E-state index contributed by atoms with van der Waals surface area (Å²) in [6, 6.07) is 12.9. The van der Waals surface area contributed by atoms with E-state index in [9.17, 15) is 14.9 Å². The fourth-order valence-corrected chi connectivity index (χ4v) is 2.23. The zero-order valence-electron chi connectivity index (χ0n) is 14.2. The molecule has 138 valence electrons. The molecule has 0 saturated heterocycles. The smallest absolute Gasteiger partial charge is 0.310 e. The van der Waals surface area contributed by atoms with E-state index in [0.717, 1.165) is 5.56 Å². The number of carbonyl (C=O) groups excluding carboxylic acids is 1. The van der Waals surface area contributed by atoms with E-state index < -0.39 is 17.4 Å². The molecule has 0 saturated carbocycles. The Balaban J connectivity index is 1.60. The minimum atomic E-state index is -0.580. The number of nitrogens with zero attached hydrogens (tertiary/aromatic N) is 3. The van der Waals surface area contributed by atoms with Crippen molar-refractivity contribution in [1.29, 1.82) is 0 Å². The molecule has 10 heteroatoms. The summed E-state index contributed by atoms with van der Waals surface area (Å²) in [6.45, 7) is -0.419. The van der Waals surface area contributed by atoms with Crippen LogP contribution >= 0.6 is 0 Å². The van der Waals surface area contributed by atoms with Gasteiger partial charge in [0.15, 0.2) is 18.2 Å². The zero-order chi connectivity index (χ0) is 19.2. The van der Waals surface area contributed by atoms with Gasteiger partial charge in [-0.1, -0.05) is 12.1 Å². The number of rotatable bonds is 7. The van der Waals surface area contributed by atoms with Gasteiger partial charge in [-0.25, -0.2) is 0 Å². The van der Waals surface area contributed by atoms with Gasteiger partial charge in [0.25, 0.3) is 5.91 Å². The lowest BCUT2D eigenvalue weighted by molar-refractivity contribution is -0.385. The third-order valence-corrected chi connectivity index (χ3v) is 3.52. The van der Waals surface area contributed by atoms with Gasteiger partial charge >= 0.3 is 5.69 Å². The average Bonchev–Trinajstić information content (AvgIpc) is 3.15. The second-order valence-electron chi connectivity index (χ2n) is 5.30. The first-order chi connectivity index (χ1) is 13.1. The molecule has 0 aliphatic rings. The Kier molecular flexibility index (Phi) is 5.26. The lowest BCUT2D eigenvalue weighted by Gasteiger charge is -2.05. The third kappa shape index (κ3) is 4.37. The molecule has 0 bridgehead atoms. The van der Waals surface area contributed by atoms with Crippen LogP contribution in [0, 0.1) is 10.1 Å². The van der Waals surface area contributed by atoms with Crippen LogP contribution in [0.15, 0.2) is 48.5 Å². The summed E-state index contributed by atoms with van der Waals surface area (Å²) in [7, 11) is 1.57. The van der Waals surface area contributed by atoms with Crippen molar-refractivity contribution in [2.24, 2.45) is 0 Å². The fraction of sp³-hybridized carbons (Fsp3) is 0.118. The molecule has 1 heterocycles. The molecule has 0 aliphatic heterocycles. The molecule has 0 atom stereocenters. The van der Waals surface area contributed by atoms with Gasteiger partial charge in [-0.3, -0.25) is 25.3 Å². The van der Waals surface area contributed by atoms with Gasteiger partial charge in [-0.05, 0) is 30.3 Å². The lowest BCUT2D eigenvalue weighted by Crippen LogP contribution is -2.21. The Morgan fingerprint density at radius 3 is 2.67 bits per heavy atom. The van der Waals surface area contributed by atoms with Crippen molar-refractivity contribution in [2.45, 2.75) is 0 Å². The van der Waals surface area contributed by atoms with Crippen molar-refractivity contribution in [2.75, 3.05) is 19.0 Å². The second kappa shape index (κ2) is 7.95. The highest BCUT2D eigenvalue weighted by Gasteiger charge is 2.16. The summed E-state index contributed by atoms with van der Waals surface area (Å²) in [6.07, 6.45) is 0. The summed E-state index contributed by atoms with van der Waals surface area (Å²) < 4.78 is 10.3. The molecule has 3 aromatic rings. The highest BCUT2D eigenvalue weighted by atomic mass is 16.6. The summed E-state index contributed by atoms with van der Waals surface area (Å²) in [5.74, 6) is 0.698. The Labute approximate surface area is 153 Å². The van der Waals surface area contributed by atoms with Crippen LogP contribution in [-0.4, -0.2) is 39.7 Å². The predicted octanol–water partition coefficient (Wildman–Crippen LogP) is 2.41. The largest absolute Gasteiger partial charge is 0.497 e. The van der Waals surface area contributed by atoms with Gasteiger partial charge in [0.05, 0.1) is 12.0 Å². The molecular weight excluding hydrogens is 354 g/mol. The molecule has 0 radical (unpaired) electrons. The van der Waals surface area contributed by atoms with E-state index in [1.807, 2.05) is 0 Å². The number of nitro benzene ring substituents is 1. The molecule has 0 aliphatic carbocycles. The van der Waals surface area contributed by atoms with E-state index in [0.29, 0.717) is 11.6 Å². The number of H-pyrrole nitrogens is 1. The zero-order valence-corrected chi connectivity index (χ0v) is 14.2. The number of hydrogen-bond acceptors (Lipinski definition) is 7. The molecule has 10 nitrogen and oxygen atoms in total. The van der Waals surface area contributed by atoms with Crippen molar-refractivity contribution < 1.29 is 19.2 Å². The van der Waals surface area contributed by atoms with Crippen molar-refractivity contribution in [3.8, 4) is 22.9 Å². The molecule has 3 rings (SSSR count). The lowest BCUT2D eigenvalue weighted by atomic mass is 10.2. The quantitative estimate of drug-likeness (QED) is 0.483. The van der Waals surface area contributed by atoms with Crippen LogP contribution in [0.3, 0.4) is 0 Å². The first kappa shape index (κ1) is 17.9. The van der Waals surface area contributed by atoms with Gasteiger partial charge < -0.3 is 9.47 Å². The van der Waals surface area contributed by atoms with Crippen LogP contribution in [0.1, 0.15) is 0 Å². The number of hydrogen-bond donors (Lipinski definition) is 2. The summed E-state index contributed by atoms with van der Waals surface area (Å²) >= 11 is 0. The second-order valence-corrected chi connectivity index (χ2v) is 5.30. The van der Waals surface area contributed by atoms with Crippen LogP contribution in [0.2, 0.25) is 0 Å². The van der Waals surface area contributed by atoms with E-state index in [2.05, 4.69) is 20.5 Å². The molecule has 1 amide bonds. The Morgan fingerprint density at radius 1 is 1.22 bits per heavy atom. The highest BCUT2D eigenvalue weighted by molar-refractivity contribution is 5.90. The van der Waals surface area contributed by atoms with E-state index >= 15 is 0 Å². The van der Waals surface area contributed by atoms with Crippen LogP contribution in [0.4, 0.5) is 11.6 Å². The number of anilines is 1. The molecule has 2 N–H and O–H groups in total. The van der Waals surface area contributed by atoms with Crippen LogP contribution < -0.4 is 14.8 Å². The van der Waals surface area contributed by atoms with E-state index in [1.54, 1.807) is 37.4 Å². The van der Waals surface area contributed by atoms with Crippen molar-refractivity contribution in [3.05, 3.63) is 58.6 Å². The fourth-order valence-electron chi connectivity index (χ4n) is 2.23. The third-order valence-electron chi connectivity index (χ3n) is 3.52. The van der Waals surface area contributed by atoms with Crippen molar-refractivity contribution >= 4 is 17.5 Å². The highest BCUT2D eigenvalue weighted by Crippen LogP contribution is 2.25. The maximum absolute atomic E-state index is 12.0.